The van der Waals surface area contributed by atoms with E-state index in [4.69, 9.17) is 5.11 Å². The van der Waals surface area contributed by atoms with Crippen LogP contribution in [0.1, 0.15) is 44.9 Å². The van der Waals surface area contributed by atoms with E-state index in [1.165, 1.54) is 4.90 Å². The van der Waals surface area contributed by atoms with Crippen LogP contribution in [0.2, 0.25) is 0 Å². The average Bonchev–Trinajstić information content (AvgIpc) is 2.84. The highest BCUT2D eigenvalue weighted by Gasteiger charge is 2.45. The summed E-state index contributed by atoms with van der Waals surface area (Å²) in [6.07, 6.45) is -2.22. The van der Waals surface area contributed by atoms with Gasteiger partial charge in [0.05, 0.1) is 12.3 Å². The van der Waals surface area contributed by atoms with Gasteiger partial charge >= 0.3 is 12.1 Å². The number of alkyl halides is 3. The van der Waals surface area contributed by atoms with Crippen molar-refractivity contribution in [2.45, 2.75) is 57.2 Å². The van der Waals surface area contributed by atoms with E-state index in [2.05, 4.69) is 0 Å². The first-order valence-electron chi connectivity index (χ1n) is 7.38. The molecule has 1 amide bonds. The van der Waals surface area contributed by atoms with E-state index in [1.807, 2.05) is 0 Å². The molecule has 0 aromatic heterocycles. The number of nitrogens with zero attached hydrogens (tertiary/aromatic N) is 1. The Labute approximate surface area is 121 Å². The predicted octanol–water partition coefficient (Wildman–Crippen LogP) is 2.82. The topological polar surface area (TPSA) is 57.6 Å². The lowest BCUT2D eigenvalue weighted by Crippen LogP contribution is -2.43. The summed E-state index contributed by atoms with van der Waals surface area (Å²) in [5.74, 6) is -3.27. The summed E-state index contributed by atoms with van der Waals surface area (Å²) in [5, 5.41) is 8.85. The third-order valence-corrected chi connectivity index (χ3v) is 4.56. The van der Waals surface area contributed by atoms with Gasteiger partial charge in [-0.2, -0.15) is 13.2 Å². The van der Waals surface area contributed by atoms with Gasteiger partial charge in [0, 0.05) is 18.5 Å². The van der Waals surface area contributed by atoms with Crippen LogP contribution >= 0.6 is 0 Å². The van der Waals surface area contributed by atoms with Crippen LogP contribution in [0, 0.1) is 11.8 Å². The Kier molecular flexibility index (Phi) is 4.78. The summed E-state index contributed by atoms with van der Waals surface area (Å²) < 4.78 is 38.4. The fourth-order valence-electron chi connectivity index (χ4n) is 3.49. The van der Waals surface area contributed by atoms with Gasteiger partial charge in [-0.3, -0.25) is 9.59 Å². The van der Waals surface area contributed by atoms with Crippen LogP contribution in [0.25, 0.3) is 0 Å². The fraction of sp³-hybridized carbons (Fsp3) is 0.857. The summed E-state index contributed by atoms with van der Waals surface area (Å²) in [6.45, 7) is 0.462. The van der Waals surface area contributed by atoms with E-state index >= 15 is 0 Å². The van der Waals surface area contributed by atoms with Gasteiger partial charge in [0.15, 0.2) is 0 Å². The van der Waals surface area contributed by atoms with E-state index < -0.39 is 24.0 Å². The first-order valence-corrected chi connectivity index (χ1v) is 7.38. The lowest BCUT2D eigenvalue weighted by Gasteiger charge is -2.34. The second-order valence-electron chi connectivity index (χ2n) is 6.03. The second kappa shape index (κ2) is 6.23. The third-order valence-electron chi connectivity index (χ3n) is 4.56. The van der Waals surface area contributed by atoms with E-state index in [1.54, 1.807) is 0 Å². The van der Waals surface area contributed by atoms with Gasteiger partial charge < -0.3 is 10.0 Å². The van der Waals surface area contributed by atoms with Gasteiger partial charge in [0.2, 0.25) is 5.91 Å². The molecule has 120 valence electrons. The van der Waals surface area contributed by atoms with Crippen LogP contribution in [0.3, 0.4) is 0 Å². The molecule has 0 aromatic rings. The molecule has 0 aromatic carbocycles. The van der Waals surface area contributed by atoms with Crippen molar-refractivity contribution >= 4 is 11.9 Å². The molecule has 1 aliphatic carbocycles. The maximum atomic E-state index is 12.8. The molecule has 0 radical (unpaired) electrons. The SMILES string of the molecule is O=C(O)CC1CCCN1C(=O)C1CCCC(C(F)(F)F)C1. The molecule has 2 fully saturated rings. The van der Waals surface area contributed by atoms with Gasteiger partial charge in [0.1, 0.15) is 0 Å². The van der Waals surface area contributed by atoms with Crippen molar-refractivity contribution in [3.63, 3.8) is 0 Å². The highest BCUT2D eigenvalue weighted by atomic mass is 19.4. The van der Waals surface area contributed by atoms with E-state index in [-0.39, 0.29) is 31.2 Å². The highest BCUT2D eigenvalue weighted by Crippen LogP contribution is 2.41. The normalized spacial score (nSPS) is 30.4. The number of hydrogen-bond acceptors (Lipinski definition) is 2. The minimum atomic E-state index is -4.25. The molecule has 1 aliphatic heterocycles. The predicted molar refractivity (Wildman–Crippen MR) is 68.5 cm³/mol. The largest absolute Gasteiger partial charge is 0.481 e. The highest BCUT2D eigenvalue weighted by molar-refractivity contribution is 5.80. The Morgan fingerprint density at radius 1 is 1.14 bits per heavy atom. The molecule has 21 heavy (non-hydrogen) atoms. The quantitative estimate of drug-likeness (QED) is 0.872. The van der Waals surface area contributed by atoms with Crippen molar-refractivity contribution in [1.82, 2.24) is 4.90 Å². The molecule has 4 nitrogen and oxygen atoms in total. The second-order valence-corrected chi connectivity index (χ2v) is 6.03. The van der Waals surface area contributed by atoms with Crippen LogP contribution in [0.4, 0.5) is 13.2 Å². The summed E-state index contributed by atoms with van der Waals surface area (Å²) in [5.41, 5.74) is 0. The Bertz CT molecular complexity index is 411. The number of carbonyl (C=O) groups is 2. The van der Waals surface area contributed by atoms with Gasteiger partial charge in [-0.15, -0.1) is 0 Å². The van der Waals surface area contributed by atoms with Gasteiger partial charge in [-0.1, -0.05) is 6.42 Å². The number of likely N-dealkylation sites (tertiary alicyclic amines) is 1. The molecule has 2 aliphatic rings. The number of carboxylic acid groups (broad SMARTS) is 1. The average molecular weight is 307 g/mol. The first-order chi connectivity index (χ1) is 9.79. The lowest BCUT2D eigenvalue weighted by molar-refractivity contribution is -0.187. The molecule has 1 saturated heterocycles. The molecule has 1 N–H and O–H groups in total. The van der Waals surface area contributed by atoms with Gasteiger partial charge in [-0.05, 0) is 32.1 Å². The zero-order valence-electron chi connectivity index (χ0n) is 11.7. The molecule has 3 unspecified atom stereocenters. The number of carboxylic acids is 1. The van der Waals surface area contributed by atoms with Crippen molar-refractivity contribution in [3.05, 3.63) is 0 Å². The van der Waals surface area contributed by atoms with Gasteiger partial charge in [0.25, 0.3) is 0 Å². The molecular weight excluding hydrogens is 287 g/mol. The summed E-state index contributed by atoms with van der Waals surface area (Å²) >= 11 is 0. The van der Waals surface area contributed by atoms with Crippen molar-refractivity contribution < 1.29 is 27.9 Å². The molecule has 0 bridgehead atoms. The number of amides is 1. The number of aliphatic carboxylic acids is 1. The number of hydrogen-bond donors (Lipinski definition) is 1. The molecule has 1 heterocycles. The third kappa shape index (κ3) is 3.89. The van der Waals surface area contributed by atoms with Crippen molar-refractivity contribution in [2.24, 2.45) is 11.8 Å². The van der Waals surface area contributed by atoms with E-state index in [0.29, 0.717) is 25.8 Å². The molecule has 2 rings (SSSR count). The molecule has 0 spiro atoms. The summed E-state index contributed by atoms with van der Waals surface area (Å²) in [4.78, 5) is 24.7. The smallest absolute Gasteiger partial charge is 0.391 e. The molecule has 7 heteroatoms. The zero-order chi connectivity index (χ0) is 15.6. The first kappa shape index (κ1) is 16.1. The Balaban J connectivity index is 2.00. The van der Waals surface area contributed by atoms with Crippen LogP contribution in [-0.4, -0.2) is 40.6 Å². The summed E-state index contributed by atoms with van der Waals surface area (Å²) in [6, 6.07) is -0.360. The van der Waals surface area contributed by atoms with E-state index in [0.717, 1.165) is 6.42 Å². The number of carbonyl (C=O) groups excluding carboxylic acids is 1. The zero-order valence-corrected chi connectivity index (χ0v) is 11.7. The molecular formula is C14H20F3NO3. The summed E-state index contributed by atoms with van der Waals surface area (Å²) in [7, 11) is 0. The number of halogens is 3. The van der Waals surface area contributed by atoms with Crippen molar-refractivity contribution in [3.8, 4) is 0 Å². The standard InChI is InChI=1S/C14H20F3NO3/c15-14(16,17)10-4-1-3-9(7-10)13(21)18-6-2-5-11(18)8-12(19)20/h9-11H,1-8H2,(H,19,20). The van der Waals surface area contributed by atoms with Crippen LogP contribution < -0.4 is 0 Å². The van der Waals surface area contributed by atoms with Gasteiger partial charge in [-0.25, -0.2) is 0 Å². The van der Waals surface area contributed by atoms with Crippen LogP contribution in [-0.2, 0) is 9.59 Å². The van der Waals surface area contributed by atoms with Crippen LogP contribution in [0.5, 0.6) is 0 Å². The minimum absolute atomic E-state index is 0.0891. The van der Waals surface area contributed by atoms with Crippen LogP contribution in [0.15, 0.2) is 0 Å². The maximum absolute atomic E-state index is 12.8. The van der Waals surface area contributed by atoms with E-state index in [9.17, 15) is 22.8 Å². The maximum Gasteiger partial charge on any atom is 0.391 e. The van der Waals surface area contributed by atoms with Crippen molar-refractivity contribution in [2.75, 3.05) is 6.54 Å². The fourth-order valence-corrected chi connectivity index (χ4v) is 3.49. The lowest BCUT2D eigenvalue weighted by atomic mass is 9.80. The number of rotatable bonds is 3. The molecule has 3 atom stereocenters. The monoisotopic (exact) mass is 307 g/mol. The van der Waals surface area contributed by atoms with Crippen molar-refractivity contribution in [1.29, 1.82) is 0 Å². The Hall–Kier alpha value is -1.27. The minimum Gasteiger partial charge on any atom is -0.481 e. The molecule has 1 saturated carbocycles. The Morgan fingerprint density at radius 2 is 1.86 bits per heavy atom. The Morgan fingerprint density at radius 3 is 2.48 bits per heavy atom.